The smallest absolute Gasteiger partial charge is 0.0397 e. The Labute approximate surface area is 167 Å². The lowest BCUT2D eigenvalue weighted by atomic mass is 9.98. The van der Waals surface area contributed by atoms with Crippen molar-refractivity contribution in [2.75, 3.05) is 22.9 Å². The summed E-state index contributed by atoms with van der Waals surface area (Å²) in [6, 6.07) is 17.7. The first-order valence-corrected chi connectivity index (χ1v) is 9.25. The molecule has 28 heavy (non-hydrogen) atoms. The van der Waals surface area contributed by atoms with Gasteiger partial charge in [0.05, 0.1) is 0 Å². The molecule has 0 saturated carbocycles. The highest BCUT2D eigenvalue weighted by molar-refractivity contribution is 5.68. The molecule has 0 radical (unpaired) electrons. The van der Waals surface area contributed by atoms with Crippen LogP contribution in [0, 0.1) is 6.92 Å². The molecule has 0 saturated heterocycles. The van der Waals surface area contributed by atoms with Gasteiger partial charge in [-0.3, -0.25) is 0 Å². The number of hydrogen-bond acceptors (Lipinski definition) is 4. The van der Waals surface area contributed by atoms with Gasteiger partial charge in [-0.25, -0.2) is 0 Å². The molecular weight excluding hydrogens is 348 g/mol. The SMILES string of the molecule is CCc1cc(CC)c(N)c(C)c1N.Nc1ccc(-c2ccc(N)cc2)cc1.O. The average Bonchev–Trinajstić information content (AvgIpc) is 2.68. The summed E-state index contributed by atoms with van der Waals surface area (Å²) in [7, 11) is 0. The van der Waals surface area contributed by atoms with Gasteiger partial charge >= 0.3 is 0 Å². The molecule has 0 unspecified atom stereocenters. The summed E-state index contributed by atoms with van der Waals surface area (Å²) >= 11 is 0. The third-order valence-electron chi connectivity index (χ3n) is 4.76. The Balaban J connectivity index is 0.000000271. The predicted molar refractivity (Wildman–Crippen MR) is 123 cm³/mol. The zero-order valence-electron chi connectivity index (χ0n) is 16.9. The van der Waals surface area contributed by atoms with Crippen LogP contribution >= 0.6 is 0 Å². The van der Waals surface area contributed by atoms with Crippen LogP contribution in [0.4, 0.5) is 22.7 Å². The molecule has 3 aromatic carbocycles. The lowest BCUT2D eigenvalue weighted by molar-refractivity contribution is 0.824. The maximum Gasteiger partial charge on any atom is 0.0397 e. The van der Waals surface area contributed by atoms with Crippen molar-refractivity contribution in [2.45, 2.75) is 33.6 Å². The van der Waals surface area contributed by atoms with Crippen molar-refractivity contribution >= 4 is 22.7 Å². The number of hydrogen-bond donors (Lipinski definition) is 4. The number of rotatable bonds is 3. The molecule has 3 rings (SSSR count). The van der Waals surface area contributed by atoms with E-state index in [1.54, 1.807) is 0 Å². The van der Waals surface area contributed by atoms with E-state index in [4.69, 9.17) is 22.9 Å². The van der Waals surface area contributed by atoms with E-state index >= 15 is 0 Å². The third kappa shape index (κ3) is 5.41. The summed E-state index contributed by atoms with van der Waals surface area (Å²) in [6.07, 6.45) is 1.94. The van der Waals surface area contributed by atoms with E-state index in [2.05, 4.69) is 19.9 Å². The monoisotopic (exact) mass is 380 g/mol. The largest absolute Gasteiger partial charge is 0.412 e. The quantitative estimate of drug-likeness (QED) is 0.511. The molecule has 0 atom stereocenters. The topological polar surface area (TPSA) is 136 Å². The molecule has 0 aromatic heterocycles. The van der Waals surface area contributed by atoms with E-state index in [-0.39, 0.29) is 5.48 Å². The van der Waals surface area contributed by atoms with Crippen molar-refractivity contribution < 1.29 is 5.48 Å². The summed E-state index contributed by atoms with van der Waals surface area (Å²) < 4.78 is 0. The van der Waals surface area contributed by atoms with Crippen LogP contribution in [-0.4, -0.2) is 5.48 Å². The summed E-state index contributed by atoms with van der Waals surface area (Å²) in [5.41, 5.74) is 32.1. The lowest BCUT2D eigenvalue weighted by Gasteiger charge is -2.13. The summed E-state index contributed by atoms with van der Waals surface area (Å²) in [5, 5.41) is 0. The molecule has 0 bridgehead atoms. The van der Waals surface area contributed by atoms with Gasteiger partial charge in [0.1, 0.15) is 0 Å². The Kier molecular flexibility index (Phi) is 8.35. The van der Waals surface area contributed by atoms with Gasteiger partial charge in [-0.15, -0.1) is 0 Å². The van der Waals surface area contributed by atoms with Crippen LogP contribution in [0.15, 0.2) is 54.6 Å². The van der Waals surface area contributed by atoms with Crippen molar-refractivity contribution in [3.05, 3.63) is 71.3 Å². The lowest BCUT2D eigenvalue weighted by Crippen LogP contribution is -2.04. The second-order valence-electron chi connectivity index (χ2n) is 6.60. The van der Waals surface area contributed by atoms with Gasteiger partial charge in [0.2, 0.25) is 0 Å². The molecule has 3 aromatic rings. The van der Waals surface area contributed by atoms with E-state index in [9.17, 15) is 0 Å². The Bertz CT molecular complexity index is 816. The summed E-state index contributed by atoms with van der Waals surface area (Å²) in [4.78, 5) is 0. The standard InChI is InChI=1S/C12H12N2.C11H18N2.H2O/c13-11-5-1-9(2-6-11)10-3-7-12(14)8-4-10;1-4-8-6-9(5-2)11(13)7(3)10(8)12;/h1-8H,13-14H2;6H,4-5,12-13H2,1-3H3;1H2. The minimum atomic E-state index is 0. The van der Waals surface area contributed by atoms with Gasteiger partial charge in [-0.1, -0.05) is 44.2 Å². The van der Waals surface area contributed by atoms with Gasteiger partial charge in [0.15, 0.2) is 0 Å². The Hall–Kier alpha value is -3.18. The van der Waals surface area contributed by atoms with Crippen LogP contribution < -0.4 is 22.9 Å². The molecule has 0 heterocycles. The van der Waals surface area contributed by atoms with Crippen molar-refractivity contribution in [3.8, 4) is 11.1 Å². The fourth-order valence-corrected chi connectivity index (χ4v) is 2.93. The fourth-order valence-electron chi connectivity index (χ4n) is 2.93. The third-order valence-corrected chi connectivity index (χ3v) is 4.76. The predicted octanol–water partition coefficient (Wildman–Crippen LogP) is 3.98. The second kappa shape index (κ2) is 10.2. The Morgan fingerprint density at radius 2 is 0.929 bits per heavy atom. The summed E-state index contributed by atoms with van der Waals surface area (Å²) in [6.45, 7) is 6.21. The zero-order chi connectivity index (χ0) is 20.0. The second-order valence-corrected chi connectivity index (χ2v) is 6.60. The van der Waals surface area contributed by atoms with Crippen molar-refractivity contribution in [2.24, 2.45) is 0 Å². The Morgan fingerprint density at radius 1 is 0.607 bits per heavy atom. The molecule has 0 fully saturated rings. The van der Waals surface area contributed by atoms with Crippen molar-refractivity contribution in [3.63, 3.8) is 0 Å². The van der Waals surface area contributed by atoms with Crippen molar-refractivity contribution in [1.29, 1.82) is 0 Å². The van der Waals surface area contributed by atoms with E-state index in [0.29, 0.717) is 0 Å². The van der Waals surface area contributed by atoms with E-state index in [1.165, 1.54) is 11.1 Å². The first-order valence-electron chi connectivity index (χ1n) is 9.25. The van der Waals surface area contributed by atoms with Crippen molar-refractivity contribution in [1.82, 2.24) is 0 Å². The first kappa shape index (κ1) is 22.9. The molecule has 10 N–H and O–H groups in total. The van der Waals surface area contributed by atoms with E-state index in [1.807, 2.05) is 55.5 Å². The highest BCUT2D eigenvalue weighted by Gasteiger charge is 2.08. The van der Waals surface area contributed by atoms with Gasteiger partial charge in [0.25, 0.3) is 0 Å². The summed E-state index contributed by atoms with van der Waals surface area (Å²) in [5.74, 6) is 0. The van der Waals surface area contributed by atoms with Crippen LogP contribution in [0.2, 0.25) is 0 Å². The van der Waals surface area contributed by atoms with Crippen LogP contribution in [0.5, 0.6) is 0 Å². The van der Waals surface area contributed by atoms with E-state index in [0.717, 1.165) is 52.3 Å². The molecule has 0 spiro atoms. The van der Waals surface area contributed by atoms with Gasteiger partial charge < -0.3 is 28.4 Å². The minimum absolute atomic E-state index is 0. The van der Waals surface area contributed by atoms with Crippen LogP contribution in [0.25, 0.3) is 11.1 Å². The molecule has 0 aliphatic rings. The highest BCUT2D eigenvalue weighted by Crippen LogP contribution is 2.27. The van der Waals surface area contributed by atoms with Gasteiger partial charge in [-0.05, 0) is 71.8 Å². The van der Waals surface area contributed by atoms with E-state index < -0.39 is 0 Å². The number of aryl methyl sites for hydroxylation is 2. The van der Waals surface area contributed by atoms with Gasteiger partial charge in [0, 0.05) is 22.7 Å². The number of anilines is 4. The Morgan fingerprint density at radius 3 is 1.21 bits per heavy atom. The molecular formula is C23H32N4O. The highest BCUT2D eigenvalue weighted by atomic mass is 16.0. The minimum Gasteiger partial charge on any atom is -0.412 e. The fraction of sp³-hybridized carbons (Fsp3) is 0.217. The maximum absolute atomic E-state index is 5.94. The normalized spacial score (nSPS) is 9.82. The average molecular weight is 381 g/mol. The van der Waals surface area contributed by atoms with Gasteiger partial charge in [-0.2, -0.15) is 0 Å². The van der Waals surface area contributed by atoms with Crippen LogP contribution in [0.3, 0.4) is 0 Å². The molecule has 0 aliphatic carbocycles. The number of benzene rings is 3. The maximum atomic E-state index is 5.94. The number of nitrogens with two attached hydrogens (primary N) is 4. The molecule has 0 amide bonds. The number of nitrogen functional groups attached to an aromatic ring is 4. The molecule has 5 heteroatoms. The zero-order valence-corrected chi connectivity index (χ0v) is 16.9. The molecule has 0 aliphatic heterocycles. The molecule has 5 nitrogen and oxygen atoms in total. The first-order chi connectivity index (χ1) is 12.9. The van der Waals surface area contributed by atoms with Crippen LogP contribution in [-0.2, 0) is 12.8 Å². The molecule has 150 valence electrons. The van der Waals surface area contributed by atoms with Crippen LogP contribution in [0.1, 0.15) is 30.5 Å².